The van der Waals surface area contributed by atoms with Crippen LogP contribution in [-0.2, 0) is 13.0 Å². The maximum atomic E-state index is 11.7. The minimum Gasteiger partial charge on any atom is -0.275 e. The van der Waals surface area contributed by atoms with Gasteiger partial charge in [-0.05, 0) is 11.6 Å². The van der Waals surface area contributed by atoms with Crippen molar-refractivity contribution in [3.05, 3.63) is 58.8 Å². The first-order chi connectivity index (χ1) is 9.83. The van der Waals surface area contributed by atoms with Crippen LogP contribution in [-0.4, -0.2) is 19.7 Å². The molecule has 5 nitrogen and oxygen atoms in total. The Labute approximate surface area is 114 Å². The van der Waals surface area contributed by atoms with Crippen molar-refractivity contribution in [2.45, 2.75) is 13.0 Å². The first kappa shape index (κ1) is 11.2. The second kappa shape index (κ2) is 4.16. The summed E-state index contributed by atoms with van der Waals surface area (Å²) in [6, 6.07) is 12.1. The quantitative estimate of drug-likeness (QED) is 0.729. The first-order valence-corrected chi connectivity index (χ1v) is 6.53. The molecular formula is C15H12N4O. The minimum absolute atomic E-state index is 0.157. The van der Waals surface area contributed by atoms with Crippen LogP contribution in [0.5, 0.6) is 0 Å². The van der Waals surface area contributed by atoms with Crippen molar-refractivity contribution in [1.29, 1.82) is 0 Å². The van der Waals surface area contributed by atoms with Gasteiger partial charge in [-0.1, -0.05) is 30.3 Å². The Morgan fingerprint density at radius 3 is 2.85 bits per heavy atom. The monoisotopic (exact) mass is 264 g/mol. The molecule has 0 saturated carbocycles. The van der Waals surface area contributed by atoms with E-state index in [0.717, 1.165) is 28.8 Å². The summed E-state index contributed by atoms with van der Waals surface area (Å²) in [5.74, 6) is 0.682. The topological polar surface area (TPSA) is 63.6 Å². The highest BCUT2D eigenvalue weighted by atomic mass is 16.1. The van der Waals surface area contributed by atoms with Crippen molar-refractivity contribution in [3.63, 3.8) is 0 Å². The molecule has 0 unspecified atom stereocenters. The summed E-state index contributed by atoms with van der Waals surface area (Å²) in [7, 11) is 0. The molecule has 0 atom stereocenters. The van der Waals surface area contributed by atoms with E-state index in [4.69, 9.17) is 0 Å². The zero-order valence-electron chi connectivity index (χ0n) is 10.7. The largest absolute Gasteiger partial charge is 0.343 e. The van der Waals surface area contributed by atoms with Crippen molar-refractivity contribution in [3.8, 4) is 22.5 Å². The molecule has 0 bridgehead atoms. The number of pyridine rings is 1. The van der Waals surface area contributed by atoms with Gasteiger partial charge in [-0.15, -0.1) is 0 Å². The summed E-state index contributed by atoms with van der Waals surface area (Å²) in [5, 5.41) is 6.63. The number of H-pyrrole nitrogens is 1. The maximum Gasteiger partial charge on any atom is 0.343 e. The molecule has 3 aromatic rings. The van der Waals surface area contributed by atoms with Gasteiger partial charge in [0.15, 0.2) is 5.82 Å². The first-order valence-electron chi connectivity index (χ1n) is 6.53. The Morgan fingerprint density at radius 1 is 1.15 bits per heavy atom. The molecule has 1 aliphatic rings. The van der Waals surface area contributed by atoms with Gasteiger partial charge >= 0.3 is 5.69 Å². The predicted octanol–water partition coefficient (Wildman–Crippen LogP) is 1.86. The van der Waals surface area contributed by atoms with Crippen molar-refractivity contribution in [1.82, 2.24) is 19.7 Å². The summed E-state index contributed by atoms with van der Waals surface area (Å²) < 4.78 is 1.67. The van der Waals surface area contributed by atoms with E-state index in [2.05, 4.69) is 21.2 Å². The van der Waals surface area contributed by atoms with Gasteiger partial charge in [0, 0.05) is 30.3 Å². The molecule has 20 heavy (non-hydrogen) atoms. The molecule has 0 fully saturated rings. The van der Waals surface area contributed by atoms with Crippen molar-refractivity contribution in [2.75, 3.05) is 0 Å². The minimum atomic E-state index is -0.157. The van der Waals surface area contributed by atoms with Crippen LogP contribution in [0.4, 0.5) is 0 Å². The highest BCUT2D eigenvalue weighted by molar-refractivity contribution is 5.71. The zero-order chi connectivity index (χ0) is 13.5. The van der Waals surface area contributed by atoms with Gasteiger partial charge in [0.2, 0.25) is 0 Å². The van der Waals surface area contributed by atoms with E-state index in [1.807, 2.05) is 36.5 Å². The summed E-state index contributed by atoms with van der Waals surface area (Å²) in [5.41, 5.74) is 3.92. The zero-order valence-corrected chi connectivity index (χ0v) is 10.7. The van der Waals surface area contributed by atoms with E-state index in [1.165, 1.54) is 0 Å². The van der Waals surface area contributed by atoms with Gasteiger partial charge in [-0.2, -0.15) is 5.10 Å². The van der Waals surface area contributed by atoms with Crippen LogP contribution < -0.4 is 5.69 Å². The third-order valence-electron chi connectivity index (χ3n) is 3.65. The Hall–Kier alpha value is -2.69. The number of rotatable bonds is 1. The fourth-order valence-corrected chi connectivity index (χ4v) is 2.62. The molecule has 5 heteroatoms. The Kier molecular flexibility index (Phi) is 2.32. The summed E-state index contributed by atoms with van der Waals surface area (Å²) >= 11 is 0. The van der Waals surface area contributed by atoms with Crippen molar-refractivity contribution >= 4 is 0 Å². The molecule has 4 rings (SSSR count). The van der Waals surface area contributed by atoms with Gasteiger partial charge in [-0.3, -0.25) is 9.55 Å². The third-order valence-corrected chi connectivity index (χ3v) is 3.65. The van der Waals surface area contributed by atoms with E-state index >= 15 is 0 Å². The van der Waals surface area contributed by atoms with Crippen molar-refractivity contribution in [2.24, 2.45) is 0 Å². The Bertz CT molecular complexity index is 833. The Balaban J connectivity index is 1.92. The number of aryl methyl sites for hydroxylation is 1. The van der Waals surface area contributed by atoms with Crippen LogP contribution in [0.25, 0.3) is 22.5 Å². The van der Waals surface area contributed by atoms with Crippen molar-refractivity contribution < 1.29 is 0 Å². The fourth-order valence-electron chi connectivity index (χ4n) is 2.62. The molecule has 0 spiro atoms. The van der Waals surface area contributed by atoms with Crippen LogP contribution in [0.15, 0.2) is 47.4 Å². The highest BCUT2D eigenvalue weighted by Gasteiger charge is 2.21. The van der Waals surface area contributed by atoms with Crippen LogP contribution in [0.2, 0.25) is 0 Å². The number of benzene rings is 1. The van der Waals surface area contributed by atoms with Crippen LogP contribution in [0, 0.1) is 0 Å². The standard InChI is InChI=1S/C15H12N4O/c20-15-18-17-14-12-8-11(10-4-2-1-3-5-10)9-16-13(12)6-7-19(14)15/h1-5,8-9H,6-7H2,(H,18,20). The average molecular weight is 264 g/mol. The van der Waals surface area contributed by atoms with Gasteiger partial charge < -0.3 is 0 Å². The molecule has 98 valence electrons. The number of fused-ring (bicyclic) bond motifs is 3. The van der Waals surface area contributed by atoms with Gasteiger partial charge in [-0.25, -0.2) is 9.89 Å². The summed E-state index contributed by atoms with van der Waals surface area (Å²) in [6.45, 7) is 0.634. The van der Waals surface area contributed by atoms with E-state index in [1.54, 1.807) is 4.57 Å². The van der Waals surface area contributed by atoms with Crippen LogP contribution in [0.3, 0.4) is 0 Å². The number of hydrogen-bond donors (Lipinski definition) is 1. The van der Waals surface area contributed by atoms with E-state index in [9.17, 15) is 4.79 Å². The molecule has 0 amide bonds. The molecule has 0 radical (unpaired) electrons. The lowest BCUT2D eigenvalue weighted by Crippen LogP contribution is -2.22. The number of nitrogens with zero attached hydrogens (tertiary/aromatic N) is 3. The molecule has 0 aliphatic carbocycles. The summed E-state index contributed by atoms with van der Waals surface area (Å²) in [4.78, 5) is 16.2. The fraction of sp³-hybridized carbons (Fsp3) is 0.133. The molecule has 1 aliphatic heterocycles. The number of aromatic nitrogens is 4. The molecule has 3 heterocycles. The van der Waals surface area contributed by atoms with E-state index in [0.29, 0.717) is 12.4 Å². The maximum absolute atomic E-state index is 11.7. The van der Waals surface area contributed by atoms with Gasteiger partial charge in [0.1, 0.15) is 0 Å². The lowest BCUT2D eigenvalue weighted by atomic mass is 10.0. The second-order valence-electron chi connectivity index (χ2n) is 4.84. The molecule has 2 aromatic heterocycles. The third kappa shape index (κ3) is 1.60. The molecular weight excluding hydrogens is 252 g/mol. The van der Waals surface area contributed by atoms with Gasteiger partial charge in [0.25, 0.3) is 0 Å². The number of hydrogen-bond acceptors (Lipinski definition) is 3. The number of aromatic amines is 1. The normalized spacial score (nSPS) is 12.8. The summed E-state index contributed by atoms with van der Waals surface area (Å²) in [6.07, 6.45) is 2.64. The highest BCUT2D eigenvalue weighted by Crippen LogP contribution is 2.29. The predicted molar refractivity (Wildman–Crippen MR) is 75.2 cm³/mol. The lowest BCUT2D eigenvalue weighted by Gasteiger charge is -2.16. The van der Waals surface area contributed by atoms with Crippen LogP contribution in [0.1, 0.15) is 5.69 Å². The molecule has 1 aromatic carbocycles. The van der Waals surface area contributed by atoms with E-state index < -0.39 is 0 Å². The van der Waals surface area contributed by atoms with E-state index in [-0.39, 0.29) is 5.69 Å². The van der Waals surface area contributed by atoms with Crippen LogP contribution >= 0.6 is 0 Å². The van der Waals surface area contributed by atoms with Gasteiger partial charge in [0.05, 0.1) is 5.69 Å². The lowest BCUT2D eigenvalue weighted by molar-refractivity contribution is 0.649. The Morgan fingerprint density at radius 2 is 2.00 bits per heavy atom. The SMILES string of the molecule is O=c1[nH]nc2n1CCc1ncc(-c3ccccc3)cc1-2. The second-order valence-corrected chi connectivity index (χ2v) is 4.84. The smallest absolute Gasteiger partial charge is 0.275 e. The number of nitrogens with one attached hydrogen (secondary N) is 1. The molecule has 0 saturated heterocycles. The average Bonchev–Trinajstić information content (AvgIpc) is 2.89. The molecule has 1 N–H and O–H groups in total.